The first-order chi connectivity index (χ1) is 9.65. The molecule has 3 nitrogen and oxygen atoms in total. The monoisotopic (exact) mass is 292 g/mol. The van der Waals surface area contributed by atoms with Gasteiger partial charge in [0.25, 0.3) is 0 Å². The van der Waals surface area contributed by atoms with Crippen molar-refractivity contribution in [2.75, 3.05) is 13.1 Å². The van der Waals surface area contributed by atoms with Crippen molar-refractivity contribution in [2.45, 2.75) is 26.4 Å². The highest BCUT2D eigenvalue weighted by atomic mass is 35.5. The maximum atomic E-state index is 6.03. The van der Waals surface area contributed by atoms with E-state index < -0.39 is 0 Å². The van der Waals surface area contributed by atoms with Gasteiger partial charge in [-0.05, 0) is 48.9 Å². The van der Waals surface area contributed by atoms with E-state index in [1.807, 2.05) is 24.3 Å². The Balaban J connectivity index is 2.24. The van der Waals surface area contributed by atoms with E-state index in [9.17, 15) is 0 Å². The third-order valence-corrected chi connectivity index (χ3v) is 3.84. The van der Waals surface area contributed by atoms with Crippen molar-refractivity contribution in [3.05, 3.63) is 58.5 Å². The SMILES string of the molecule is CCN(Cc1ccco1)C(CN)c1ccc(Cl)cc1C. The summed E-state index contributed by atoms with van der Waals surface area (Å²) in [6, 6.07) is 10.1. The molecule has 20 heavy (non-hydrogen) atoms. The third kappa shape index (κ3) is 3.42. The number of nitrogens with two attached hydrogens (primary N) is 1. The van der Waals surface area contributed by atoms with E-state index in [0.717, 1.165) is 23.9 Å². The van der Waals surface area contributed by atoms with Crippen LogP contribution in [0.3, 0.4) is 0 Å². The minimum atomic E-state index is 0.169. The smallest absolute Gasteiger partial charge is 0.117 e. The second kappa shape index (κ2) is 6.93. The molecule has 0 aliphatic carbocycles. The lowest BCUT2D eigenvalue weighted by molar-refractivity contribution is 0.187. The van der Waals surface area contributed by atoms with Crippen LogP contribution < -0.4 is 5.73 Å². The predicted molar refractivity (Wildman–Crippen MR) is 82.8 cm³/mol. The molecule has 0 amide bonds. The van der Waals surface area contributed by atoms with E-state index in [1.54, 1.807) is 6.26 Å². The molecule has 0 radical (unpaired) electrons. The Kier molecular flexibility index (Phi) is 5.24. The highest BCUT2D eigenvalue weighted by Crippen LogP contribution is 2.26. The van der Waals surface area contributed by atoms with Gasteiger partial charge in [-0.2, -0.15) is 0 Å². The van der Waals surface area contributed by atoms with Crippen LogP contribution >= 0.6 is 11.6 Å². The first kappa shape index (κ1) is 15.1. The molecule has 0 saturated heterocycles. The molecule has 2 aromatic rings. The molecule has 1 atom stereocenters. The summed E-state index contributed by atoms with van der Waals surface area (Å²) in [6.45, 7) is 6.44. The molecule has 1 heterocycles. The molecular weight excluding hydrogens is 272 g/mol. The van der Waals surface area contributed by atoms with Crippen LogP contribution in [-0.2, 0) is 6.54 Å². The quantitative estimate of drug-likeness (QED) is 0.881. The largest absolute Gasteiger partial charge is 0.468 e. The summed E-state index contributed by atoms with van der Waals surface area (Å²) in [5.41, 5.74) is 8.41. The van der Waals surface area contributed by atoms with Gasteiger partial charge in [-0.1, -0.05) is 24.6 Å². The minimum absolute atomic E-state index is 0.169. The fourth-order valence-electron chi connectivity index (χ4n) is 2.53. The van der Waals surface area contributed by atoms with Crippen molar-refractivity contribution < 1.29 is 4.42 Å². The average molecular weight is 293 g/mol. The lowest BCUT2D eigenvalue weighted by atomic mass is 9.99. The summed E-state index contributed by atoms with van der Waals surface area (Å²) in [5, 5.41) is 0.760. The third-order valence-electron chi connectivity index (χ3n) is 3.60. The Morgan fingerprint density at radius 1 is 1.35 bits per heavy atom. The molecule has 2 rings (SSSR count). The Hall–Kier alpha value is -1.29. The van der Waals surface area contributed by atoms with Gasteiger partial charge in [0.1, 0.15) is 5.76 Å². The van der Waals surface area contributed by atoms with Crippen LogP contribution in [0.2, 0.25) is 5.02 Å². The second-order valence-electron chi connectivity index (χ2n) is 4.89. The van der Waals surface area contributed by atoms with Gasteiger partial charge in [-0.3, -0.25) is 4.90 Å². The van der Waals surface area contributed by atoms with Crippen molar-refractivity contribution in [2.24, 2.45) is 5.73 Å². The molecule has 0 aliphatic heterocycles. The molecule has 0 saturated carbocycles. The van der Waals surface area contributed by atoms with Crippen LogP contribution in [0.4, 0.5) is 0 Å². The zero-order chi connectivity index (χ0) is 14.5. The van der Waals surface area contributed by atoms with E-state index in [0.29, 0.717) is 6.54 Å². The highest BCUT2D eigenvalue weighted by molar-refractivity contribution is 6.30. The van der Waals surface area contributed by atoms with Crippen molar-refractivity contribution in [3.8, 4) is 0 Å². The molecule has 0 aliphatic rings. The zero-order valence-corrected chi connectivity index (χ0v) is 12.7. The molecule has 108 valence electrons. The van der Waals surface area contributed by atoms with Gasteiger partial charge in [0.05, 0.1) is 12.8 Å². The van der Waals surface area contributed by atoms with E-state index in [2.05, 4.69) is 24.8 Å². The summed E-state index contributed by atoms with van der Waals surface area (Å²) in [7, 11) is 0. The van der Waals surface area contributed by atoms with Gasteiger partial charge >= 0.3 is 0 Å². The molecule has 1 aromatic heterocycles. The number of furan rings is 1. The van der Waals surface area contributed by atoms with Gasteiger partial charge in [0.2, 0.25) is 0 Å². The van der Waals surface area contributed by atoms with Gasteiger partial charge in [-0.25, -0.2) is 0 Å². The van der Waals surface area contributed by atoms with E-state index in [4.69, 9.17) is 21.8 Å². The van der Waals surface area contributed by atoms with Gasteiger partial charge in [0, 0.05) is 17.6 Å². The lowest BCUT2D eigenvalue weighted by Crippen LogP contribution is -2.33. The Labute approximate surface area is 125 Å². The van der Waals surface area contributed by atoms with Gasteiger partial charge < -0.3 is 10.2 Å². The van der Waals surface area contributed by atoms with Crippen LogP contribution in [0.15, 0.2) is 41.0 Å². The Morgan fingerprint density at radius 3 is 2.70 bits per heavy atom. The van der Waals surface area contributed by atoms with Crippen molar-refractivity contribution in [3.63, 3.8) is 0 Å². The van der Waals surface area contributed by atoms with Crippen LogP contribution in [0.1, 0.15) is 29.9 Å². The summed E-state index contributed by atoms with van der Waals surface area (Å²) >= 11 is 6.03. The zero-order valence-electron chi connectivity index (χ0n) is 12.0. The number of hydrogen-bond donors (Lipinski definition) is 1. The molecule has 0 bridgehead atoms. The van der Waals surface area contributed by atoms with E-state index >= 15 is 0 Å². The lowest BCUT2D eigenvalue weighted by Gasteiger charge is -2.30. The number of likely N-dealkylation sites (N-methyl/N-ethyl adjacent to an activating group) is 1. The van der Waals surface area contributed by atoms with Crippen molar-refractivity contribution >= 4 is 11.6 Å². The number of halogens is 1. The first-order valence-electron chi connectivity index (χ1n) is 6.88. The summed E-state index contributed by atoms with van der Waals surface area (Å²) < 4.78 is 5.44. The van der Waals surface area contributed by atoms with Crippen molar-refractivity contribution in [1.82, 2.24) is 4.90 Å². The fraction of sp³-hybridized carbons (Fsp3) is 0.375. The van der Waals surface area contributed by atoms with Crippen LogP contribution in [0.5, 0.6) is 0 Å². The molecule has 0 spiro atoms. The number of aryl methyl sites for hydroxylation is 1. The second-order valence-corrected chi connectivity index (χ2v) is 5.33. The standard InChI is InChI=1S/C16H21ClN2O/c1-3-19(11-14-5-4-8-20-14)16(10-18)15-7-6-13(17)9-12(15)2/h4-9,16H,3,10-11,18H2,1-2H3. The van der Waals surface area contributed by atoms with Crippen LogP contribution in [0, 0.1) is 6.92 Å². The summed E-state index contributed by atoms with van der Waals surface area (Å²) in [4.78, 5) is 2.31. The average Bonchev–Trinajstić information content (AvgIpc) is 2.93. The van der Waals surface area contributed by atoms with Gasteiger partial charge in [0.15, 0.2) is 0 Å². The van der Waals surface area contributed by atoms with Gasteiger partial charge in [-0.15, -0.1) is 0 Å². The first-order valence-corrected chi connectivity index (χ1v) is 7.26. The molecular formula is C16H21ClN2O. The topological polar surface area (TPSA) is 42.4 Å². The molecule has 4 heteroatoms. The molecule has 2 N–H and O–H groups in total. The van der Waals surface area contributed by atoms with E-state index in [-0.39, 0.29) is 6.04 Å². The number of benzene rings is 1. The molecule has 1 unspecified atom stereocenters. The molecule has 1 aromatic carbocycles. The molecule has 0 fully saturated rings. The maximum absolute atomic E-state index is 6.03. The van der Waals surface area contributed by atoms with Crippen molar-refractivity contribution in [1.29, 1.82) is 0 Å². The summed E-state index contributed by atoms with van der Waals surface area (Å²) in [5.74, 6) is 0.955. The number of rotatable bonds is 6. The Morgan fingerprint density at radius 2 is 2.15 bits per heavy atom. The number of hydrogen-bond acceptors (Lipinski definition) is 3. The predicted octanol–water partition coefficient (Wildman–Crippen LogP) is 3.76. The summed E-state index contributed by atoms with van der Waals surface area (Å²) in [6.07, 6.45) is 1.70. The normalized spacial score (nSPS) is 12.8. The number of nitrogens with zero attached hydrogens (tertiary/aromatic N) is 1. The highest BCUT2D eigenvalue weighted by Gasteiger charge is 2.20. The Bertz CT molecular complexity index is 539. The van der Waals surface area contributed by atoms with Crippen LogP contribution in [0.25, 0.3) is 0 Å². The fourth-order valence-corrected chi connectivity index (χ4v) is 2.76. The van der Waals surface area contributed by atoms with E-state index in [1.165, 1.54) is 11.1 Å². The van der Waals surface area contributed by atoms with Crippen LogP contribution in [-0.4, -0.2) is 18.0 Å². The minimum Gasteiger partial charge on any atom is -0.468 e. The maximum Gasteiger partial charge on any atom is 0.117 e.